The van der Waals surface area contributed by atoms with E-state index >= 15 is 0 Å². The van der Waals surface area contributed by atoms with Crippen molar-refractivity contribution in [2.24, 2.45) is 12.0 Å². The highest BCUT2D eigenvalue weighted by atomic mass is 32.2. The van der Waals surface area contributed by atoms with Crippen LogP contribution in [0.4, 0.5) is 0 Å². The molecule has 0 radical (unpaired) electrons. The van der Waals surface area contributed by atoms with E-state index in [0.29, 0.717) is 25.6 Å². The highest BCUT2D eigenvalue weighted by Crippen LogP contribution is 2.14. The largest absolute Gasteiger partial charge is 0.355 e. The smallest absolute Gasteiger partial charge is 0.215 e. The molecule has 0 spiro atoms. The molecule has 0 aromatic carbocycles. The number of hydrogen-bond acceptors (Lipinski definition) is 4. The van der Waals surface area contributed by atoms with Crippen LogP contribution in [0, 0.1) is 13.8 Å². The highest BCUT2D eigenvalue weighted by molar-refractivity contribution is 7.89. The van der Waals surface area contributed by atoms with Crippen LogP contribution in [0.2, 0.25) is 0 Å². The number of aromatic nitrogens is 2. The molecule has 1 aromatic heterocycles. The molecular formula is C17H34N6O2S. The summed E-state index contributed by atoms with van der Waals surface area (Å²) in [6, 6.07) is 0.141. The van der Waals surface area contributed by atoms with Gasteiger partial charge in [0, 0.05) is 45.5 Å². The lowest BCUT2D eigenvalue weighted by molar-refractivity contribution is 0.445. The molecular weight excluding hydrogens is 352 g/mol. The molecule has 0 fully saturated rings. The highest BCUT2D eigenvalue weighted by Gasteiger charge is 2.19. The average Bonchev–Trinajstić information content (AvgIpc) is 2.80. The second-order valence-electron chi connectivity index (χ2n) is 6.42. The van der Waals surface area contributed by atoms with Crippen molar-refractivity contribution in [3.63, 3.8) is 0 Å². The van der Waals surface area contributed by atoms with Gasteiger partial charge in [-0.2, -0.15) is 5.10 Å². The van der Waals surface area contributed by atoms with Crippen molar-refractivity contribution in [1.29, 1.82) is 0 Å². The standard InChI is InChI=1S/C17H34N6O2S/c1-8-23(9-2)26(24,25)11-10-19-17(18-6)20-13(3)12-16-14(4)21-22(7)15(16)5/h13H,8-12H2,1-7H3,(H2,18,19,20). The molecule has 9 heteroatoms. The zero-order valence-electron chi connectivity index (χ0n) is 17.1. The molecule has 1 heterocycles. The molecule has 1 aromatic rings. The van der Waals surface area contributed by atoms with Crippen LogP contribution in [0.15, 0.2) is 4.99 Å². The van der Waals surface area contributed by atoms with Crippen LogP contribution in [0.1, 0.15) is 37.7 Å². The maximum absolute atomic E-state index is 12.2. The fourth-order valence-electron chi connectivity index (χ4n) is 2.94. The number of aryl methyl sites for hydroxylation is 2. The Hall–Kier alpha value is -1.61. The predicted octanol–water partition coefficient (Wildman–Crippen LogP) is 0.805. The number of nitrogens with zero attached hydrogens (tertiary/aromatic N) is 4. The normalized spacial score (nSPS) is 13.9. The Morgan fingerprint density at radius 3 is 2.38 bits per heavy atom. The molecule has 150 valence electrons. The van der Waals surface area contributed by atoms with Crippen molar-refractivity contribution in [1.82, 2.24) is 24.7 Å². The number of guanidine groups is 1. The van der Waals surface area contributed by atoms with Crippen molar-refractivity contribution in [2.75, 3.05) is 32.4 Å². The van der Waals surface area contributed by atoms with Gasteiger partial charge in [0.25, 0.3) is 0 Å². The Morgan fingerprint density at radius 1 is 1.31 bits per heavy atom. The molecule has 1 rings (SSSR count). The van der Waals surface area contributed by atoms with E-state index in [-0.39, 0.29) is 11.8 Å². The molecule has 26 heavy (non-hydrogen) atoms. The summed E-state index contributed by atoms with van der Waals surface area (Å²) in [6.07, 6.45) is 0.823. The minimum atomic E-state index is -3.23. The fraction of sp³-hybridized carbons (Fsp3) is 0.765. The van der Waals surface area contributed by atoms with Crippen LogP contribution in [-0.2, 0) is 23.5 Å². The Kier molecular flexibility index (Phi) is 8.55. The van der Waals surface area contributed by atoms with Gasteiger partial charge in [0.05, 0.1) is 11.4 Å². The van der Waals surface area contributed by atoms with E-state index in [2.05, 4.69) is 34.6 Å². The minimum Gasteiger partial charge on any atom is -0.355 e. The number of rotatable bonds is 9. The first-order chi connectivity index (χ1) is 12.2. The van der Waals surface area contributed by atoms with Crippen LogP contribution in [-0.4, -0.2) is 66.9 Å². The van der Waals surface area contributed by atoms with Crippen molar-refractivity contribution < 1.29 is 8.42 Å². The van der Waals surface area contributed by atoms with Crippen LogP contribution >= 0.6 is 0 Å². The molecule has 1 unspecified atom stereocenters. The molecule has 8 nitrogen and oxygen atoms in total. The minimum absolute atomic E-state index is 0.0462. The zero-order chi connectivity index (χ0) is 19.9. The Morgan fingerprint density at radius 2 is 1.92 bits per heavy atom. The van der Waals surface area contributed by atoms with Gasteiger partial charge in [0.15, 0.2) is 5.96 Å². The lowest BCUT2D eigenvalue weighted by atomic mass is 10.1. The van der Waals surface area contributed by atoms with E-state index in [1.54, 1.807) is 7.05 Å². The SMILES string of the molecule is CCN(CC)S(=O)(=O)CCNC(=NC)NC(C)Cc1c(C)nn(C)c1C. The van der Waals surface area contributed by atoms with Gasteiger partial charge >= 0.3 is 0 Å². The molecule has 0 saturated heterocycles. The summed E-state index contributed by atoms with van der Waals surface area (Å²) in [4.78, 5) is 4.19. The van der Waals surface area contributed by atoms with E-state index in [0.717, 1.165) is 17.8 Å². The topological polar surface area (TPSA) is 91.6 Å². The molecule has 0 aliphatic heterocycles. The second-order valence-corrected chi connectivity index (χ2v) is 8.51. The number of nitrogens with one attached hydrogen (secondary N) is 2. The van der Waals surface area contributed by atoms with Gasteiger partial charge < -0.3 is 10.6 Å². The quantitative estimate of drug-likeness (QED) is 0.484. The third-order valence-electron chi connectivity index (χ3n) is 4.53. The summed E-state index contributed by atoms with van der Waals surface area (Å²) in [5.41, 5.74) is 3.42. The maximum atomic E-state index is 12.2. The summed E-state index contributed by atoms with van der Waals surface area (Å²) >= 11 is 0. The van der Waals surface area contributed by atoms with Gasteiger partial charge in [-0.3, -0.25) is 9.67 Å². The van der Waals surface area contributed by atoms with E-state index in [4.69, 9.17) is 0 Å². The van der Waals surface area contributed by atoms with E-state index in [1.807, 2.05) is 32.5 Å². The molecule has 0 saturated carbocycles. The van der Waals surface area contributed by atoms with Crippen LogP contribution < -0.4 is 10.6 Å². The summed E-state index contributed by atoms with van der Waals surface area (Å²) < 4.78 is 27.8. The van der Waals surface area contributed by atoms with Gasteiger partial charge in [-0.25, -0.2) is 12.7 Å². The Labute approximate surface area is 158 Å². The van der Waals surface area contributed by atoms with Gasteiger partial charge in [-0.05, 0) is 32.8 Å². The van der Waals surface area contributed by atoms with E-state index in [1.165, 1.54) is 9.87 Å². The lowest BCUT2D eigenvalue weighted by Crippen LogP contribution is -2.45. The van der Waals surface area contributed by atoms with Gasteiger partial charge in [-0.15, -0.1) is 0 Å². The first kappa shape index (κ1) is 22.4. The van der Waals surface area contributed by atoms with Crippen molar-refractivity contribution in [3.8, 4) is 0 Å². The summed E-state index contributed by atoms with van der Waals surface area (Å²) in [7, 11) is 0.392. The summed E-state index contributed by atoms with van der Waals surface area (Å²) in [5, 5.41) is 10.9. The first-order valence-corrected chi connectivity index (χ1v) is 10.7. The number of aliphatic imine (C=N–C) groups is 1. The summed E-state index contributed by atoms with van der Waals surface area (Å²) in [6.45, 7) is 11.1. The van der Waals surface area contributed by atoms with Gasteiger partial charge in [-0.1, -0.05) is 13.8 Å². The van der Waals surface area contributed by atoms with E-state index < -0.39 is 10.0 Å². The molecule has 1 atom stereocenters. The Balaban J connectivity index is 2.57. The Bertz CT molecular complexity index is 707. The average molecular weight is 387 g/mol. The van der Waals surface area contributed by atoms with Gasteiger partial charge in [0.2, 0.25) is 10.0 Å². The van der Waals surface area contributed by atoms with Gasteiger partial charge in [0.1, 0.15) is 0 Å². The lowest BCUT2D eigenvalue weighted by Gasteiger charge is -2.20. The first-order valence-electron chi connectivity index (χ1n) is 9.10. The third-order valence-corrected chi connectivity index (χ3v) is 6.55. The molecule has 0 aliphatic carbocycles. The van der Waals surface area contributed by atoms with Crippen LogP contribution in [0.3, 0.4) is 0 Å². The molecule has 0 bridgehead atoms. The van der Waals surface area contributed by atoms with Crippen molar-refractivity contribution in [3.05, 3.63) is 17.0 Å². The molecule has 2 N–H and O–H groups in total. The zero-order valence-corrected chi connectivity index (χ0v) is 17.9. The monoisotopic (exact) mass is 386 g/mol. The maximum Gasteiger partial charge on any atom is 0.215 e. The number of hydrogen-bond donors (Lipinski definition) is 2. The third kappa shape index (κ3) is 5.98. The van der Waals surface area contributed by atoms with Crippen LogP contribution in [0.5, 0.6) is 0 Å². The predicted molar refractivity (Wildman–Crippen MR) is 107 cm³/mol. The number of sulfonamides is 1. The molecule has 0 aliphatic rings. The van der Waals surface area contributed by atoms with Crippen molar-refractivity contribution >= 4 is 16.0 Å². The van der Waals surface area contributed by atoms with E-state index in [9.17, 15) is 8.42 Å². The van der Waals surface area contributed by atoms with Crippen LogP contribution in [0.25, 0.3) is 0 Å². The fourth-order valence-corrected chi connectivity index (χ4v) is 4.35. The summed E-state index contributed by atoms with van der Waals surface area (Å²) in [5.74, 6) is 0.649. The molecule has 0 amide bonds. The van der Waals surface area contributed by atoms with Crippen molar-refractivity contribution in [2.45, 2.75) is 47.1 Å². The second kappa shape index (κ2) is 9.91.